The van der Waals surface area contributed by atoms with E-state index in [0.29, 0.717) is 0 Å². The topological polar surface area (TPSA) is 53.5 Å². The molecule has 1 heterocycles. The number of nitrogens with zero attached hydrogens (tertiary/aromatic N) is 1. The molecule has 0 unspecified atom stereocenters. The van der Waals surface area contributed by atoms with Gasteiger partial charge < -0.3 is 5.32 Å². The number of nitrogens with one attached hydrogen (secondary N) is 2. The highest BCUT2D eigenvalue weighted by molar-refractivity contribution is 8.14. The molecule has 0 fully saturated rings. The molecule has 4 nitrogen and oxygen atoms in total. The molecule has 0 aromatic heterocycles. The van der Waals surface area contributed by atoms with Crippen LogP contribution < -0.4 is 10.6 Å². The lowest BCUT2D eigenvalue weighted by Gasteiger charge is -2.00. The lowest BCUT2D eigenvalue weighted by atomic mass is 10.8. The zero-order chi connectivity index (χ0) is 7.40. The number of thioether (sulfide) groups is 1. The zero-order valence-corrected chi connectivity index (χ0v) is 6.49. The van der Waals surface area contributed by atoms with Crippen LogP contribution in [0.2, 0.25) is 0 Å². The Balaban J connectivity index is 2.30. The predicted octanol–water partition coefficient (Wildman–Crippen LogP) is 0.0182. The molecule has 2 amide bonds. The molecular formula is C5H9N3OS. The molecule has 0 saturated heterocycles. The number of carbonyl (C=O) groups is 1. The first-order valence-electron chi connectivity index (χ1n) is 2.99. The van der Waals surface area contributed by atoms with Crippen LogP contribution in [0.25, 0.3) is 0 Å². The van der Waals surface area contributed by atoms with Crippen LogP contribution in [0.15, 0.2) is 4.99 Å². The first kappa shape index (κ1) is 7.40. The van der Waals surface area contributed by atoms with E-state index in [4.69, 9.17) is 0 Å². The van der Waals surface area contributed by atoms with Gasteiger partial charge in [-0.25, -0.2) is 4.79 Å². The van der Waals surface area contributed by atoms with Crippen LogP contribution in [-0.2, 0) is 0 Å². The van der Waals surface area contributed by atoms with E-state index < -0.39 is 0 Å². The van der Waals surface area contributed by atoms with Gasteiger partial charge in [-0.3, -0.25) is 10.3 Å². The van der Waals surface area contributed by atoms with Gasteiger partial charge in [-0.15, -0.1) is 0 Å². The minimum absolute atomic E-state index is 0.201. The van der Waals surface area contributed by atoms with Gasteiger partial charge in [0.25, 0.3) is 0 Å². The average molecular weight is 159 g/mol. The number of amides is 2. The molecule has 1 rings (SSSR count). The summed E-state index contributed by atoms with van der Waals surface area (Å²) >= 11 is 1.56. The van der Waals surface area contributed by atoms with E-state index >= 15 is 0 Å². The Hall–Kier alpha value is -0.710. The summed E-state index contributed by atoms with van der Waals surface area (Å²) in [5.41, 5.74) is 0. The van der Waals surface area contributed by atoms with Crippen LogP contribution in [0.3, 0.4) is 0 Å². The molecular weight excluding hydrogens is 150 g/mol. The van der Waals surface area contributed by atoms with Crippen molar-refractivity contribution in [2.45, 2.75) is 0 Å². The zero-order valence-electron chi connectivity index (χ0n) is 5.68. The van der Waals surface area contributed by atoms with Crippen molar-refractivity contribution in [3.05, 3.63) is 0 Å². The van der Waals surface area contributed by atoms with Crippen molar-refractivity contribution in [2.24, 2.45) is 4.99 Å². The molecule has 0 saturated carbocycles. The third-order valence-corrected chi connectivity index (χ3v) is 1.92. The minimum atomic E-state index is -0.201. The van der Waals surface area contributed by atoms with E-state index in [0.717, 1.165) is 17.5 Å². The number of aliphatic imine (C=N–C) groups is 1. The Labute approximate surface area is 63.5 Å². The monoisotopic (exact) mass is 159 g/mol. The molecule has 0 aliphatic carbocycles. The Morgan fingerprint density at radius 1 is 1.80 bits per heavy atom. The number of hydrogen-bond acceptors (Lipinski definition) is 3. The van der Waals surface area contributed by atoms with Crippen molar-refractivity contribution < 1.29 is 4.79 Å². The maximum Gasteiger partial charge on any atom is 0.320 e. The molecule has 0 radical (unpaired) electrons. The van der Waals surface area contributed by atoms with Gasteiger partial charge in [0.2, 0.25) is 0 Å². The van der Waals surface area contributed by atoms with Crippen molar-refractivity contribution in [2.75, 3.05) is 19.3 Å². The van der Waals surface area contributed by atoms with Crippen LogP contribution in [-0.4, -0.2) is 30.5 Å². The molecule has 10 heavy (non-hydrogen) atoms. The van der Waals surface area contributed by atoms with Gasteiger partial charge in [0.15, 0.2) is 5.17 Å². The molecule has 56 valence electrons. The summed E-state index contributed by atoms with van der Waals surface area (Å²) in [6.45, 7) is 0.810. The highest BCUT2D eigenvalue weighted by Gasteiger charge is 2.08. The summed E-state index contributed by atoms with van der Waals surface area (Å²) in [6, 6.07) is -0.201. The fourth-order valence-corrected chi connectivity index (χ4v) is 1.29. The summed E-state index contributed by atoms with van der Waals surface area (Å²) < 4.78 is 0. The maximum absolute atomic E-state index is 10.7. The first-order valence-corrected chi connectivity index (χ1v) is 3.97. The lowest BCUT2D eigenvalue weighted by Crippen LogP contribution is -2.35. The highest BCUT2D eigenvalue weighted by atomic mass is 32.2. The normalized spacial score (nSPS) is 16.3. The summed E-state index contributed by atoms with van der Waals surface area (Å²) in [6.07, 6.45) is 0. The van der Waals surface area contributed by atoms with Crippen LogP contribution in [0.1, 0.15) is 0 Å². The lowest BCUT2D eigenvalue weighted by molar-refractivity contribution is 0.247. The van der Waals surface area contributed by atoms with Crippen molar-refractivity contribution in [1.82, 2.24) is 10.6 Å². The smallest absolute Gasteiger partial charge is 0.320 e. The predicted molar refractivity (Wildman–Crippen MR) is 42.4 cm³/mol. The molecule has 5 heteroatoms. The Morgan fingerprint density at radius 2 is 2.60 bits per heavy atom. The third-order valence-electron chi connectivity index (χ3n) is 1.03. The molecule has 0 aromatic carbocycles. The number of hydrogen-bond donors (Lipinski definition) is 2. The van der Waals surface area contributed by atoms with Gasteiger partial charge >= 0.3 is 6.03 Å². The molecule has 0 spiro atoms. The Bertz CT molecular complexity index is 168. The van der Waals surface area contributed by atoms with Crippen molar-refractivity contribution >= 4 is 23.0 Å². The Morgan fingerprint density at radius 3 is 3.10 bits per heavy atom. The van der Waals surface area contributed by atoms with Gasteiger partial charge in [-0.2, -0.15) is 0 Å². The number of rotatable bonds is 0. The molecule has 1 aliphatic heterocycles. The van der Waals surface area contributed by atoms with E-state index in [1.165, 1.54) is 0 Å². The molecule has 0 bridgehead atoms. The second-order valence-corrected chi connectivity index (χ2v) is 2.82. The number of urea groups is 1. The van der Waals surface area contributed by atoms with Crippen molar-refractivity contribution in [3.63, 3.8) is 0 Å². The summed E-state index contributed by atoms with van der Waals surface area (Å²) in [5.74, 6) is 0.972. The average Bonchev–Trinajstić information content (AvgIpc) is 2.40. The summed E-state index contributed by atoms with van der Waals surface area (Å²) in [7, 11) is 1.58. The van der Waals surface area contributed by atoms with Crippen LogP contribution >= 0.6 is 11.8 Å². The van der Waals surface area contributed by atoms with E-state index in [2.05, 4.69) is 15.6 Å². The fourth-order valence-electron chi connectivity index (χ4n) is 0.570. The summed E-state index contributed by atoms with van der Waals surface area (Å²) in [4.78, 5) is 14.7. The van der Waals surface area contributed by atoms with Crippen molar-refractivity contribution in [3.8, 4) is 0 Å². The molecule has 0 atom stereocenters. The van der Waals surface area contributed by atoms with Crippen LogP contribution in [0.4, 0.5) is 4.79 Å². The molecule has 2 N–H and O–H groups in total. The maximum atomic E-state index is 10.7. The largest absolute Gasteiger partial charge is 0.341 e. The van der Waals surface area contributed by atoms with Gasteiger partial charge in [0.05, 0.1) is 6.54 Å². The summed E-state index contributed by atoms with van der Waals surface area (Å²) in [5, 5.41) is 5.76. The SMILES string of the molecule is CNC(=O)NC1=NCCS1. The highest BCUT2D eigenvalue weighted by Crippen LogP contribution is 2.08. The standard InChI is InChI=1S/C5H9N3OS/c1-6-4(9)8-5-7-2-3-10-5/h2-3H2,1H3,(H2,6,7,8,9). The van der Waals surface area contributed by atoms with Gasteiger partial charge in [0, 0.05) is 12.8 Å². The van der Waals surface area contributed by atoms with E-state index in [1.54, 1.807) is 18.8 Å². The van der Waals surface area contributed by atoms with Gasteiger partial charge in [0.1, 0.15) is 0 Å². The van der Waals surface area contributed by atoms with Crippen LogP contribution in [0, 0.1) is 0 Å². The third kappa shape index (κ3) is 1.91. The molecule has 0 aromatic rings. The van der Waals surface area contributed by atoms with Gasteiger partial charge in [-0.05, 0) is 0 Å². The van der Waals surface area contributed by atoms with E-state index in [-0.39, 0.29) is 6.03 Å². The number of amidine groups is 1. The first-order chi connectivity index (χ1) is 4.83. The van der Waals surface area contributed by atoms with E-state index in [1.807, 2.05) is 0 Å². The second kappa shape index (κ2) is 3.46. The van der Waals surface area contributed by atoms with E-state index in [9.17, 15) is 4.79 Å². The van der Waals surface area contributed by atoms with Gasteiger partial charge in [-0.1, -0.05) is 11.8 Å². The molecule has 1 aliphatic rings. The number of carbonyl (C=O) groups excluding carboxylic acids is 1. The van der Waals surface area contributed by atoms with Crippen LogP contribution in [0.5, 0.6) is 0 Å². The van der Waals surface area contributed by atoms with Crippen molar-refractivity contribution in [1.29, 1.82) is 0 Å². The fraction of sp³-hybridized carbons (Fsp3) is 0.600. The Kier molecular flexibility index (Phi) is 2.56. The minimum Gasteiger partial charge on any atom is -0.341 e. The second-order valence-electron chi connectivity index (χ2n) is 1.74. The quantitative estimate of drug-likeness (QED) is 0.523.